The molecule has 4 aromatic rings. The molecule has 0 aliphatic heterocycles. The van der Waals surface area contributed by atoms with Gasteiger partial charge in [0.05, 0.1) is 0 Å². The van der Waals surface area contributed by atoms with Gasteiger partial charge in [-0.05, 0) is 47.0 Å². The molecule has 2 aliphatic carbocycles. The van der Waals surface area contributed by atoms with Crippen molar-refractivity contribution < 1.29 is 35.7 Å². The second kappa shape index (κ2) is 7.24. The van der Waals surface area contributed by atoms with Crippen LogP contribution in [0.1, 0.15) is 57.1 Å². The molecule has 4 atom stereocenters. The Balaban J connectivity index is 1.74. The summed E-state index contributed by atoms with van der Waals surface area (Å²) in [7, 11) is 0. The number of benzene rings is 4. The summed E-state index contributed by atoms with van der Waals surface area (Å²) in [5, 5.41) is 73.5. The third-order valence-corrected chi connectivity index (χ3v) is 7.40. The zero-order valence-electron chi connectivity index (χ0n) is 18.3. The molecule has 7 nitrogen and oxygen atoms in total. The normalized spacial score (nSPS) is 21.9. The molecule has 0 radical (unpaired) electrons. The van der Waals surface area contributed by atoms with Crippen molar-refractivity contribution in [2.45, 2.75) is 23.7 Å². The molecule has 0 aromatic heterocycles. The van der Waals surface area contributed by atoms with Gasteiger partial charge in [-0.15, -0.1) is 0 Å². The number of phenolic OH excluding ortho intramolecular Hbond substituents is 7. The second-order valence-electron chi connectivity index (χ2n) is 9.28. The van der Waals surface area contributed by atoms with Crippen LogP contribution < -0.4 is 0 Å². The number of rotatable bonds is 2. The van der Waals surface area contributed by atoms with E-state index in [1.54, 1.807) is 42.5 Å². The van der Waals surface area contributed by atoms with Crippen LogP contribution in [0.3, 0.4) is 0 Å². The number of phenols is 7. The van der Waals surface area contributed by atoms with Crippen LogP contribution in [0.4, 0.5) is 0 Å². The summed E-state index contributed by atoms with van der Waals surface area (Å²) in [6.07, 6.45) is 0. The Morgan fingerprint density at radius 3 is 1.54 bits per heavy atom. The van der Waals surface area contributed by atoms with Gasteiger partial charge in [0.1, 0.15) is 40.2 Å². The zero-order valence-corrected chi connectivity index (χ0v) is 18.3. The fourth-order valence-corrected chi connectivity index (χ4v) is 6.24. The molecule has 0 spiro atoms. The van der Waals surface area contributed by atoms with Crippen molar-refractivity contribution in [1.29, 1.82) is 0 Å². The number of fused-ring (bicyclic) bond motifs is 7. The van der Waals surface area contributed by atoms with E-state index in [4.69, 9.17) is 0 Å². The Morgan fingerprint density at radius 1 is 0.400 bits per heavy atom. The highest BCUT2D eigenvalue weighted by Crippen LogP contribution is 2.69. The fourth-order valence-electron chi connectivity index (χ4n) is 6.24. The monoisotopic (exact) mass is 470 g/mol. The molecule has 0 fully saturated rings. The van der Waals surface area contributed by atoms with Crippen molar-refractivity contribution in [3.8, 4) is 40.2 Å². The summed E-state index contributed by atoms with van der Waals surface area (Å²) < 4.78 is 0. The summed E-state index contributed by atoms with van der Waals surface area (Å²) >= 11 is 0. The minimum atomic E-state index is -0.649. The van der Waals surface area contributed by atoms with Crippen LogP contribution in [-0.2, 0) is 0 Å². The molecule has 7 N–H and O–H groups in total. The average Bonchev–Trinajstić information content (AvgIpc) is 3.05. The van der Waals surface area contributed by atoms with E-state index in [0.29, 0.717) is 27.8 Å². The van der Waals surface area contributed by atoms with Gasteiger partial charge < -0.3 is 35.7 Å². The standard InChI is InChI=1S/C28H22O7/c29-13-3-1-12(2-4-13)23-27-18-7-15(31)10-21(34)24(18)26(17-6-5-14(30)9-20(17)33)28(23)19-8-16(32)11-22(35)25(19)27/h1-11,23,26-35H/t23-,26-,27-,28-/m0/s1. The third-order valence-electron chi connectivity index (χ3n) is 7.40. The van der Waals surface area contributed by atoms with Crippen molar-refractivity contribution in [3.05, 3.63) is 100 Å². The fraction of sp³-hybridized carbons (Fsp3) is 0.143. The van der Waals surface area contributed by atoms with Crippen molar-refractivity contribution >= 4 is 0 Å². The first kappa shape index (κ1) is 21.0. The maximum absolute atomic E-state index is 11.0. The lowest BCUT2D eigenvalue weighted by Gasteiger charge is -2.40. The molecule has 0 amide bonds. The molecule has 0 heterocycles. The Labute approximate surface area is 200 Å². The minimum Gasteiger partial charge on any atom is -0.508 e. The topological polar surface area (TPSA) is 142 Å². The van der Waals surface area contributed by atoms with E-state index in [0.717, 1.165) is 5.56 Å². The molecule has 2 bridgehead atoms. The van der Waals surface area contributed by atoms with E-state index >= 15 is 0 Å². The summed E-state index contributed by atoms with van der Waals surface area (Å²) in [6.45, 7) is 0. The Morgan fingerprint density at radius 2 is 0.914 bits per heavy atom. The van der Waals surface area contributed by atoms with Crippen molar-refractivity contribution in [2.24, 2.45) is 0 Å². The molecule has 35 heavy (non-hydrogen) atoms. The van der Waals surface area contributed by atoms with Gasteiger partial charge in [0, 0.05) is 58.6 Å². The molecule has 0 saturated carbocycles. The van der Waals surface area contributed by atoms with E-state index in [1.165, 1.54) is 24.3 Å². The maximum atomic E-state index is 11.0. The van der Waals surface area contributed by atoms with E-state index in [2.05, 4.69) is 0 Å². The molecule has 7 heteroatoms. The van der Waals surface area contributed by atoms with E-state index in [1.807, 2.05) is 0 Å². The van der Waals surface area contributed by atoms with Gasteiger partial charge in [-0.2, -0.15) is 0 Å². The predicted octanol–water partition coefficient (Wildman–Crippen LogP) is 4.78. The van der Waals surface area contributed by atoms with Gasteiger partial charge >= 0.3 is 0 Å². The van der Waals surface area contributed by atoms with Gasteiger partial charge in [0.25, 0.3) is 0 Å². The van der Waals surface area contributed by atoms with Crippen LogP contribution in [0, 0.1) is 0 Å². The summed E-state index contributed by atoms with van der Waals surface area (Å²) in [5.74, 6) is -2.64. The largest absolute Gasteiger partial charge is 0.508 e. The van der Waals surface area contributed by atoms with Crippen LogP contribution in [0.5, 0.6) is 40.2 Å². The minimum absolute atomic E-state index is 0.0957. The number of hydrogen-bond acceptors (Lipinski definition) is 7. The zero-order chi connectivity index (χ0) is 24.6. The average molecular weight is 470 g/mol. The Kier molecular flexibility index (Phi) is 4.35. The van der Waals surface area contributed by atoms with E-state index in [9.17, 15) is 35.7 Å². The summed E-state index contributed by atoms with van der Waals surface area (Å²) in [6, 6.07) is 16.6. The molecule has 6 rings (SSSR count). The molecule has 4 aromatic carbocycles. The first-order valence-electron chi connectivity index (χ1n) is 11.2. The van der Waals surface area contributed by atoms with Crippen LogP contribution in [0.25, 0.3) is 0 Å². The Bertz CT molecular complexity index is 1490. The van der Waals surface area contributed by atoms with Gasteiger partial charge in [-0.25, -0.2) is 0 Å². The van der Waals surface area contributed by atoms with Gasteiger partial charge in [-0.3, -0.25) is 0 Å². The molecule has 0 unspecified atom stereocenters. The quantitative estimate of drug-likeness (QED) is 0.223. The lowest BCUT2D eigenvalue weighted by molar-refractivity contribution is 0.396. The number of hydrogen-bond donors (Lipinski definition) is 7. The summed E-state index contributed by atoms with van der Waals surface area (Å²) in [4.78, 5) is 0. The molecular formula is C28H22O7. The van der Waals surface area contributed by atoms with Crippen molar-refractivity contribution in [3.63, 3.8) is 0 Å². The van der Waals surface area contributed by atoms with Crippen molar-refractivity contribution in [2.75, 3.05) is 0 Å². The van der Waals surface area contributed by atoms with Crippen LogP contribution in [0.15, 0.2) is 66.7 Å². The van der Waals surface area contributed by atoms with Gasteiger partial charge in [0.2, 0.25) is 0 Å². The molecular weight excluding hydrogens is 448 g/mol. The smallest absolute Gasteiger partial charge is 0.123 e. The Hall–Kier alpha value is -4.52. The van der Waals surface area contributed by atoms with Crippen LogP contribution >= 0.6 is 0 Å². The highest BCUT2D eigenvalue weighted by Gasteiger charge is 2.54. The van der Waals surface area contributed by atoms with Gasteiger partial charge in [-0.1, -0.05) is 18.2 Å². The van der Waals surface area contributed by atoms with E-state index in [-0.39, 0.29) is 46.2 Å². The first-order chi connectivity index (χ1) is 16.7. The van der Waals surface area contributed by atoms with Crippen molar-refractivity contribution in [1.82, 2.24) is 0 Å². The van der Waals surface area contributed by atoms with Crippen LogP contribution in [-0.4, -0.2) is 35.7 Å². The highest BCUT2D eigenvalue weighted by molar-refractivity contribution is 5.69. The lowest BCUT2D eigenvalue weighted by Crippen LogP contribution is -2.26. The van der Waals surface area contributed by atoms with Crippen LogP contribution in [0.2, 0.25) is 0 Å². The maximum Gasteiger partial charge on any atom is 0.123 e. The molecule has 0 saturated heterocycles. The highest BCUT2D eigenvalue weighted by atomic mass is 16.3. The first-order valence-corrected chi connectivity index (χ1v) is 11.2. The van der Waals surface area contributed by atoms with Gasteiger partial charge in [0.15, 0.2) is 0 Å². The molecule has 176 valence electrons. The van der Waals surface area contributed by atoms with E-state index < -0.39 is 17.8 Å². The second-order valence-corrected chi connectivity index (χ2v) is 9.28. The SMILES string of the molecule is Oc1ccc([C@H]2[C@@H]3c4cc(O)cc(O)c4[C@H](c4ccc(O)cc4O)[C@H]2c2cc(O)cc(O)c23)cc1. The third kappa shape index (κ3) is 2.98. The predicted molar refractivity (Wildman–Crippen MR) is 127 cm³/mol. The lowest BCUT2D eigenvalue weighted by atomic mass is 9.63. The molecule has 2 aliphatic rings. The summed E-state index contributed by atoms with van der Waals surface area (Å²) in [5.41, 5.74) is 3.56. The number of aromatic hydroxyl groups is 7.